The van der Waals surface area contributed by atoms with E-state index < -0.39 is 69.9 Å². The maximum atomic E-state index is 12.3. The number of carbonyl (C=O) groups excluding carboxylic acids is 4. The van der Waals surface area contributed by atoms with Gasteiger partial charge in [0.2, 0.25) is 23.6 Å². The van der Waals surface area contributed by atoms with Gasteiger partial charge < -0.3 is 31.8 Å². The number of amides is 4. The highest BCUT2D eigenvalue weighted by Crippen LogP contribution is 2.24. The van der Waals surface area contributed by atoms with Crippen molar-refractivity contribution in [2.75, 3.05) is 24.7 Å². The van der Waals surface area contributed by atoms with E-state index in [-0.39, 0.29) is 11.5 Å². The minimum Gasteiger partial charge on any atom is -0.368 e. The SMILES string of the molecule is CC(C)(CO[N+](=O)[O-])C(=O)N[C@H](CSSC[C@@H](NC(=O)C(C)(C)CO[N+](=O)[O-])C(N)=O)C(N)=O. The van der Waals surface area contributed by atoms with Crippen LogP contribution in [-0.4, -0.2) is 70.6 Å². The third kappa shape index (κ3) is 11.7. The van der Waals surface area contributed by atoms with Crippen LogP contribution in [0.4, 0.5) is 0 Å². The maximum absolute atomic E-state index is 12.3. The topological polar surface area (TPSA) is 249 Å². The molecule has 0 aliphatic rings. The zero-order chi connectivity index (χ0) is 26.7. The molecule has 34 heavy (non-hydrogen) atoms. The Morgan fingerprint density at radius 3 is 1.32 bits per heavy atom. The standard InChI is InChI=1S/C16H28N6O10S2/c1-15(2,7-31-21(27)28)13(25)19-9(11(17)23)5-33-34-6-10(12(18)24)20-14(26)16(3,4)8-32-22(29)30/h9-10H,5-8H2,1-4H3,(H2,17,23)(H2,18,24)(H,19,25)(H,20,26)/t9-,10-/m1/s1. The molecule has 16 nitrogen and oxygen atoms in total. The second-order valence-corrected chi connectivity index (χ2v) is 10.7. The van der Waals surface area contributed by atoms with Crippen molar-refractivity contribution in [1.82, 2.24) is 10.6 Å². The molecule has 0 fully saturated rings. The van der Waals surface area contributed by atoms with Crippen LogP contribution < -0.4 is 22.1 Å². The fourth-order valence-corrected chi connectivity index (χ4v) is 4.24. The predicted octanol–water partition coefficient (Wildman–Crippen LogP) is -1.22. The van der Waals surface area contributed by atoms with Crippen molar-refractivity contribution in [3.63, 3.8) is 0 Å². The van der Waals surface area contributed by atoms with Crippen molar-refractivity contribution in [2.45, 2.75) is 39.8 Å². The molecule has 2 atom stereocenters. The molecule has 18 heteroatoms. The van der Waals surface area contributed by atoms with Crippen molar-refractivity contribution >= 4 is 45.2 Å². The highest BCUT2D eigenvalue weighted by Gasteiger charge is 2.33. The summed E-state index contributed by atoms with van der Waals surface area (Å²) in [7, 11) is 2.09. The fourth-order valence-electron chi connectivity index (χ4n) is 1.89. The van der Waals surface area contributed by atoms with Crippen molar-refractivity contribution in [1.29, 1.82) is 0 Å². The Hall–Kier alpha value is -3.02. The lowest BCUT2D eigenvalue weighted by molar-refractivity contribution is -0.760. The number of hydrogen-bond acceptors (Lipinski definition) is 12. The number of rotatable bonds is 17. The molecular weight excluding hydrogens is 500 g/mol. The molecule has 0 rings (SSSR count). The van der Waals surface area contributed by atoms with Gasteiger partial charge in [-0.25, -0.2) is 0 Å². The van der Waals surface area contributed by atoms with Crippen LogP contribution in [0.25, 0.3) is 0 Å². The first-order valence-corrected chi connectivity index (χ1v) is 12.0. The van der Waals surface area contributed by atoms with Crippen LogP contribution in [0.2, 0.25) is 0 Å². The van der Waals surface area contributed by atoms with Crippen LogP contribution >= 0.6 is 21.6 Å². The Morgan fingerprint density at radius 1 is 0.794 bits per heavy atom. The third-order valence-electron chi connectivity index (χ3n) is 4.14. The summed E-state index contributed by atoms with van der Waals surface area (Å²) in [5.41, 5.74) is 7.94. The van der Waals surface area contributed by atoms with E-state index in [0.717, 1.165) is 21.6 Å². The van der Waals surface area contributed by atoms with E-state index in [1.807, 2.05) is 0 Å². The maximum Gasteiger partial charge on any atom is 0.294 e. The number of carbonyl (C=O) groups is 4. The Labute approximate surface area is 202 Å². The predicted molar refractivity (Wildman–Crippen MR) is 121 cm³/mol. The summed E-state index contributed by atoms with van der Waals surface area (Å²) in [5.74, 6) is -3.19. The zero-order valence-corrected chi connectivity index (χ0v) is 20.6. The number of nitrogens with two attached hydrogens (primary N) is 2. The van der Waals surface area contributed by atoms with E-state index in [2.05, 4.69) is 20.3 Å². The first-order chi connectivity index (χ1) is 15.5. The van der Waals surface area contributed by atoms with Crippen molar-refractivity contribution < 1.29 is 39.0 Å². The molecule has 0 saturated carbocycles. The van der Waals surface area contributed by atoms with E-state index >= 15 is 0 Å². The van der Waals surface area contributed by atoms with Gasteiger partial charge in [-0.1, -0.05) is 21.6 Å². The van der Waals surface area contributed by atoms with Crippen LogP contribution in [0.1, 0.15) is 27.7 Å². The van der Waals surface area contributed by atoms with Gasteiger partial charge in [0.1, 0.15) is 25.3 Å². The average molecular weight is 529 g/mol. The van der Waals surface area contributed by atoms with Gasteiger partial charge in [0, 0.05) is 11.5 Å². The first kappa shape index (κ1) is 31.0. The van der Waals surface area contributed by atoms with Crippen LogP contribution in [0.15, 0.2) is 0 Å². The Balaban J connectivity index is 4.83. The summed E-state index contributed by atoms with van der Waals surface area (Å²) in [5, 5.41) is 23.4. The number of primary amides is 2. The van der Waals surface area contributed by atoms with E-state index in [1.54, 1.807) is 0 Å². The molecule has 0 aromatic heterocycles. The zero-order valence-electron chi connectivity index (χ0n) is 18.9. The number of nitrogens with zero attached hydrogens (tertiary/aromatic N) is 2. The molecule has 0 heterocycles. The fraction of sp³-hybridized carbons (Fsp3) is 0.750. The lowest BCUT2D eigenvalue weighted by atomic mass is 9.93. The smallest absolute Gasteiger partial charge is 0.294 e. The Morgan fingerprint density at radius 2 is 1.09 bits per heavy atom. The normalized spacial score (nSPS) is 13.2. The minimum absolute atomic E-state index is 0.0283. The molecule has 0 saturated heterocycles. The van der Waals surface area contributed by atoms with Gasteiger partial charge in [-0.3, -0.25) is 19.2 Å². The lowest BCUT2D eigenvalue weighted by Crippen LogP contribution is -2.51. The van der Waals surface area contributed by atoms with Gasteiger partial charge in [0.15, 0.2) is 0 Å². The summed E-state index contributed by atoms with van der Waals surface area (Å²) in [6, 6.07) is -2.28. The van der Waals surface area contributed by atoms with Gasteiger partial charge in [-0.2, -0.15) is 0 Å². The molecular formula is C16H28N6O10S2. The third-order valence-corrected chi connectivity index (χ3v) is 6.56. The molecule has 0 aliphatic heterocycles. The molecule has 0 aromatic carbocycles. The van der Waals surface area contributed by atoms with Crippen LogP contribution in [0.5, 0.6) is 0 Å². The summed E-state index contributed by atoms with van der Waals surface area (Å²) in [6.07, 6.45) is 0. The number of hydrogen-bond donors (Lipinski definition) is 4. The van der Waals surface area contributed by atoms with Crippen molar-refractivity contribution in [2.24, 2.45) is 22.3 Å². The molecule has 0 aliphatic carbocycles. The lowest BCUT2D eigenvalue weighted by Gasteiger charge is -2.26. The Kier molecular flexibility index (Phi) is 12.4. The second-order valence-electron chi connectivity index (χ2n) is 8.19. The monoisotopic (exact) mass is 528 g/mol. The van der Waals surface area contributed by atoms with Crippen LogP contribution in [0.3, 0.4) is 0 Å². The van der Waals surface area contributed by atoms with Crippen molar-refractivity contribution in [3.05, 3.63) is 20.2 Å². The second kappa shape index (κ2) is 13.6. The molecule has 4 amide bonds. The molecule has 0 unspecified atom stereocenters. The van der Waals surface area contributed by atoms with Gasteiger partial charge in [-0.05, 0) is 27.7 Å². The van der Waals surface area contributed by atoms with E-state index in [9.17, 15) is 39.4 Å². The van der Waals surface area contributed by atoms with Gasteiger partial charge in [0.05, 0.1) is 10.8 Å². The summed E-state index contributed by atoms with van der Waals surface area (Å²) in [6.45, 7) is 4.44. The highest BCUT2D eigenvalue weighted by molar-refractivity contribution is 8.76. The summed E-state index contributed by atoms with van der Waals surface area (Å²) in [4.78, 5) is 77.1. The van der Waals surface area contributed by atoms with Crippen LogP contribution in [0, 0.1) is 31.1 Å². The summed E-state index contributed by atoms with van der Waals surface area (Å²) < 4.78 is 0. The quantitative estimate of drug-likeness (QED) is 0.0750. The van der Waals surface area contributed by atoms with Crippen LogP contribution in [-0.2, 0) is 28.9 Å². The summed E-state index contributed by atoms with van der Waals surface area (Å²) >= 11 is 0. The molecule has 6 N–H and O–H groups in total. The molecule has 0 bridgehead atoms. The van der Waals surface area contributed by atoms with Crippen molar-refractivity contribution in [3.8, 4) is 0 Å². The largest absolute Gasteiger partial charge is 0.368 e. The molecule has 194 valence electrons. The average Bonchev–Trinajstić information content (AvgIpc) is 2.71. The number of nitrogens with one attached hydrogen (secondary N) is 2. The minimum atomic E-state index is -1.33. The molecule has 0 radical (unpaired) electrons. The van der Waals surface area contributed by atoms with E-state index in [4.69, 9.17) is 11.5 Å². The van der Waals surface area contributed by atoms with E-state index in [0.29, 0.717) is 0 Å². The van der Waals surface area contributed by atoms with Gasteiger partial charge in [-0.15, -0.1) is 20.2 Å². The highest BCUT2D eigenvalue weighted by atomic mass is 33.1. The van der Waals surface area contributed by atoms with Gasteiger partial charge in [0.25, 0.3) is 10.2 Å². The first-order valence-electron chi connectivity index (χ1n) is 9.49. The molecule has 0 spiro atoms. The van der Waals surface area contributed by atoms with E-state index in [1.165, 1.54) is 27.7 Å². The molecule has 0 aromatic rings. The van der Waals surface area contributed by atoms with Gasteiger partial charge >= 0.3 is 0 Å². The Bertz CT molecular complexity index is 730.